The van der Waals surface area contributed by atoms with E-state index >= 15 is 0 Å². The number of methoxy groups -OCH3 is 1. The molecule has 0 spiro atoms. The number of thioether (sulfide) groups is 1. The van der Waals surface area contributed by atoms with Gasteiger partial charge in [0.1, 0.15) is 5.69 Å². The maximum absolute atomic E-state index is 8.62. The van der Waals surface area contributed by atoms with Gasteiger partial charge in [0.25, 0.3) is 0 Å². The molecule has 1 heterocycles. The lowest BCUT2D eigenvalue weighted by Crippen LogP contribution is -2.17. The topological polar surface area (TPSA) is 80.7 Å². The number of amidine groups is 1. The van der Waals surface area contributed by atoms with Crippen molar-refractivity contribution in [1.29, 1.82) is 0 Å². The third-order valence-electron chi connectivity index (χ3n) is 1.93. The fourth-order valence-corrected chi connectivity index (χ4v) is 2.04. The lowest BCUT2D eigenvalue weighted by Gasteiger charge is -2.06. The molecule has 0 saturated heterocycles. The smallest absolute Gasteiger partial charge is 0.189 e. The Morgan fingerprint density at radius 2 is 2.50 bits per heavy atom. The summed E-state index contributed by atoms with van der Waals surface area (Å²) in [5, 5.41) is 11.6. The van der Waals surface area contributed by atoms with Gasteiger partial charge >= 0.3 is 0 Å². The van der Waals surface area contributed by atoms with E-state index in [0.29, 0.717) is 12.3 Å². The number of hydrogen-bond donors (Lipinski definition) is 2. The summed E-state index contributed by atoms with van der Waals surface area (Å²) in [5.41, 5.74) is 7.02. The highest BCUT2D eigenvalue weighted by Crippen LogP contribution is 2.14. The summed E-state index contributed by atoms with van der Waals surface area (Å²) < 4.78 is 4.95. The standard InChI is InChI=1S/C10H15N3O2S/c1-15-5-6-16-7-8-3-2-4-12-9(8)10(11)13-14/h2-4,14H,5-7H2,1H3,(H2,11,13). The minimum Gasteiger partial charge on any atom is -0.409 e. The second-order valence-corrected chi connectivity index (χ2v) is 4.15. The van der Waals surface area contributed by atoms with Gasteiger partial charge in [-0.1, -0.05) is 11.2 Å². The number of hydrogen-bond acceptors (Lipinski definition) is 5. The second kappa shape index (κ2) is 7.08. The molecule has 3 N–H and O–H groups in total. The molecule has 0 aliphatic rings. The predicted octanol–water partition coefficient (Wildman–Crippen LogP) is 1.06. The molecule has 88 valence electrons. The van der Waals surface area contributed by atoms with Crippen LogP contribution in [0.2, 0.25) is 0 Å². The van der Waals surface area contributed by atoms with Gasteiger partial charge < -0.3 is 15.7 Å². The summed E-state index contributed by atoms with van der Waals surface area (Å²) in [6.07, 6.45) is 1.62. The Hall–Kier alpha value is -1.27. The second-order valence-electron chi connectivity index (χ2n) is 3.04. The van der Waals surface area contributed by atoms with Crippen molar-refractivity contribution >= 4 is 17.6 Å². The molecule has 5 nitrogen and oxygen atoms in total. The lowest BCUT2D eigenvalue weighted by molar-refractivity contribution is 0.218. The highest BCUT2D eigenvalue weighted by Gasteiger charge is 2.07. The molecule has 0 aliphatic heterocycles. The minimum atomic E-state index is 0.0444. The number of nitrogens with two attached hydrogens (primary N) is 1. The Kier molecular flexibility index (Phi) is 5.66. The van der Waals surface area contributed by atoms with Crippen LogP contribution in [0.1, 0.15) is 11.3 Å². The van der Waals surface area contributed by atoms with Crippen LogP contribution >= 0.6 is 11.8 Å². The van der Waals surface area contributed by atoms with Crippen LogP contribution in [-0.2, 0) is 10.5 Å². The first-order chi connectivity index (χ1) is 7.79. The number of rotatable bonds is 6. The molecule has 0 unspecified atom stereocenters. The van der Waals surface area contributed by atoms with Crippen molar-refractivity contribution < 1.29 is 9.94 Å². The van der Waals surface area contributed by atoms with Crippen LogP contribution in [0, 0.1) is 0 Å². The maximum atomic E-state index is 8.62. The average Bonchev–Trinajstić information content (AvgIpc) is 2.34. The van der Waals surface area contributed by atoms with Gasteiger partial charge in [-0.05, 0) is 11.6 Å². The quantitative estimate of drug-likeness (QED) is 0.256. The van der Waals surface area contributed by atoms with E-state index in [9.17, 15) is 0 Å². The van der Waals surface area contributed by atoms with E-state index in [1.807, 2.05) is 12.1 Å². The molecule has 6 heteroatoms. The molecule has 0 radical (unpaired) electrons. The van der Waals surface area contributed by atoms with E-state index in [1.54, 1.807) is 25.1 Å². The fraction of sp³-hybridized carbons (Fsp3) is 0.400. The van der Waals surface area contributed by atoms with Crippen molar-refractivity contribution in [2.75, 3.05) is 19.5 Å². The van der Waals surface area contributed by atoms with Gasteiger partial charge in [0.05, 0.1) is 6.61 Å². The molecule has 0 saturated carbocycles. The largest absolute Gasteiger partial charge is 0.409 e. The monoisotopic (exact) mass is 241 g/mol. The summed E-state index contributed by atoms with van der Waals surface area (Å²) in [5.74, 6) is 1.71. The number of oxime groups is 1. The zero-order chi connectivity index (χ0) is 11.8. The lowest BCUT2D eigenvalue weighted by atomic mass is 10.2. The molecule has 16 heavy (non-hydrogen) atoms. The number of pyridine rings is 1. The summed E-state index contributed by atoms with van der Waals surface area (Å²) >= 11 is 1.72. The molecule has 0 aliphatic carbocycles. The molecule has 0 fully saturated rings. The van der Waals surface area contributed by atoms with Gasteiger partial charge in [-0.15, -0.1) is 0 Å². The van der Waals surface area contributed by atoms with Crippen molar-refractivity contribution in [2.24, 2.45) is 10.9 Å². The van der Waals surface area contributed by atoms with Gasteiger partial charge in [-0.2, -0.15) is 11.8 Å². The van der Waals surface area contributed by atoms with Crippen molar-refractivity contribution in [3.05, 3.63) is 29.6 Å². The van der Waals surface area contributed by atoms with Crippen LogP contribution in [0.3, 0.4) is 0 Å². The first-order valence-corrected chi connectivity index (χ1v) is 5.93. The predicted molar refractivity (Wildman–Crippen MR) is 64.8 cm³/mol. The van der Waals surface area contributed by atoms with Crippen LogP contribution in [0.4, 0.5) is 0 Å². The van der Waals surface area contributed by atoms with E-state index in [0.717, 1.165) is 17.1 Å². The Morgan fingerprint density at radius 3 is 3.19 bits per heavy atom. The summed E-state index contributed by atoms with van der Waals surface area (Å²) in [7, 11) is 1.67. The molecular formula is C10H15N3O2S. The fourth-order valence-electron chi connectivity index (χ4n) is 1.16. The van der Waals surface area contributed by atoms with Crippen LogP contribution in [-0.4, -0.2) is 35.5 Å². The van der Waals surface area contributed by atoms with Gasteiger partial charge in [0, 0.05) is 24.8 Å². The molecule has 1 aromatic rings. The number of nitrogens with zero attached hydrogens (tertiary/aromatic N) is 2. The third-order valence-corrected chi connectivity index (χ3v) is 2.90. The van der Waals surface area contributed by atoms with Gasteiger partial charge in [0.2, 0.25) is 0 Å². The average molecular weight is 241 g/mol. The highest BCUT2D eigenvalue weighted by molar-refractivity contribution is 7.98. The van der Waals surface area contributed by atoms with Crippen LogP contribution in [0.15, 0.2) is 23.5 Å². The van der Waals surface area contributed by atoms with Crippen molar-refractivity contribution in [1.82, 2.24) is 4.98 Å². The normalized spacial score (nSPS) is 11.7. The Labute approximate surface area is 98.7 Å². The number of aromatic nitrogens is 1. The van der Waals surface area contributed by atoms with Crippen molar-refractivity contribution in [3.63, 3.8) is 0 Å². The molecule has 0 aromatic carbocycles. The van der Waals surface area contributed by atoms with Crippen LogP contribution in [0.25, 0.3) is 0 Å². The van der Waals surface area contributed by atoms with E-state index in [2.05, 4.69) is 10.1 Å². The van der Waals surface area contributed by atoms with Crippen molar-refractivity contribution in [2.45, 2.75) is 5.75 Å². The maximum Gasteiger partial charge on any atom is 0.189 e. The summed E-state index contributed by atoms with van der Waals surface area (Å²) in [6, 6.07) is 3.75. The Bertz CT molecular complexity index is 358. The SMILES string of the molecule is COCCSCc1cccnc1C(N)=NO. The van der Waals surface area contributed by atoms with Crippen LogP contribution in [0.5, 0.6) is 0 Å². The van der Waals surface area contributed by atoms with Crippen LogP contribution < -0.4 is 5.73 Å². The highest BCUT2D eigenvalue weighted by atomic mass is 32.2. The molecule has 1 aromatic heterocycles. The summed E-state index contributed by atoms with van der Waals surface area (Å²) in [4.78, 5) is 4.09. The first-order valence-electron chi connectivity index (χ1n) is 4.78. The van der Waals surface area contributed by atoms with E-state index < -0.39 is 0 Å². The van der Waals surface area contributed by atoms with Gasteiger partial charge in [-0.3, -0.25) is 4.98 Å². The molecular weight excluding hydrogens is 226 g/mol. The number of ether oxygens (including phenoxy) is 1. The minimum absolute atomic E-state index is 0.0444. The third kappa shape index (κ3) is 3.71. The van der Waals surface area contributed by atoms with E-state index in [-0.39, 0.29) is 5.84 Å². The Morgan fingerprint density at radius 1 is 1.69 bits per heavy atom. The zero-order valence-electron chi connectivity index (χ0n) is 9.09. The molecule has 0 atom stereocenters. The Balaban J connectivity index is 2.64. The van der Waals surface area contributed by atoms with Gasteiger partial charge in [0.15, 0.2) is 5.84 Å². The summed E-state index contributed by atoms with van der Waals surface area (Å²) in [6.45, 7) is 0.712. The van der Waals surface area contributed by atoms with E-state index in [4.69, 9.17) is 15.7 Å². The molecule has 0 bridgehead atoms. The van der Waals surface area contributed by atoms with Crippen molar-refractivity contribution in [3.8, 4) is 0 Å². The van der Waals surface area contributed by atoms with E-state index in [1.165, 1.54) is 0 Å². The molecule has 0 amide bonds. The zero-order valence-corrected chi connectivity index (χ0v) is 9.91. The van der Waals surface area contributed by atoms with Gasteiger partial charge in [-0.25, -0.2) is 0 Å². The molecule has 1 rings (SSSR count). The first kappa shape index (κ1) is 12.8.